The number of hydrogen-bond donors (Lipinski definition) is 1. The van der Waals surface area contributed by atoms with Gasteiger partial charge in [-0.1, -0.05) is 20.8 Å². The van der Waals surface area contributed by atoms with E-state index in [0.717, 1.165) is 24.9 Å². The van der Waals surface area contributed by atoms with E-state index in [9.17, 15) is 0 Å². The molecule has 5 nitrogen and oxygen atoms in total. The standard InChI is InChI=1S/C19H39NO3Si.H2O/c1-7-21-24(22-8-2,23-9-3)14-10-13-20-17-15-19(6)12-11-16(17)18(19,4)5;/h16-17,20H,7-15H2,1-6H3;1H2. The molecule has 25 heavy (non-hydrogen) atoms. The summed E-state index contributed by atoms with van der Waals surface area (Å²) >= 11 is 0. The summed E-state index contributed by atoms with van der Waals surface area (Å²) in [7, 11) is -2.47. The van der Waals surface area contributed by atoms with Crippen LogP contribution >= 0.6 is 0 Å². The molecule has 6 heteroatoms. The molecule has 0 heterocycles. The molecule has 0 amide bonds. The van der Waals surface area contributed by atoms with Gasteiger partial charge in [0.05, 0.1) is 0 Å². The SMILES string of the molecule is CCO[Si](CCCNC1CC2(C)CCC1C2(C)C)(OCC)OCC.O. The molecule has 3 atom stereocenters. The number of fused-ring (bicyclic) bond motifs is 2. The lowest BCUT2D eigenvalue weighted by atomic mass is 9.71. The summed E-state index contributed by atoms with van der Waals surface area (Å²) in [6.45, 7) is 16.5. The van der Waals surface area contributed by atoms with Crippen molar-refractivity contribution >= 4 is 8.80 Å². The van der Waals surface area contributed by atoms with Crippen molar-refractivity contribution in [1.82, 2.24) is 5.32 Å². The van der Waals surface area contributed by atoms with Crippen LogP contribution in [0.4, 0.5) is 0 Å². The first-order valence-corrected chi connectivity index (χ1v) is 11.9. The predicted octanol–water partition coefficient (Wildman–Crippen LogP) is 3.40. The lowest BCUT2D eigenvalue weighted by Gasteiger charge is -2.33. The number of rotatable bonds is 11. The van der Waals surface area contributed by atoms with Gasteiger partial charge in [-0.3, -0.25) is 0 Å². The summed E-state index contributed by atoms with van der Waals surface area (Å²) in [6, 6.07) is 1.59. The van der Waals surface area contributed by atoms with E-state index in [1.54, 1.807) is 0 Å². The van der Waals surface area contributed by atoms with E-state index in [1.807, 2.05) is 20.8 Å². The Bertz CT molecular complexity index is 387. The van der Waals surface area contributed by atoms with Crippen LogP contribution < -0.4 is 5.32 Å². The van der Waals surface area contributed by atoms with Gasteiger partial charge in [0.15, 0.2) is 0 Å². The average Bonchev–Trinajstić information content (AvgIpc) is 2.85. The van der Waals surface area contributed by atoms with E-state index in [2.05, 4.69) is 26.1 Å². The third kappa shape index (κ3) is 4.65. The highest BCUT2D eigenvalue weighted by atomic mass is 28.4. The molecular weight excluding hydrogens is 334 g/mol. The van der Waals surface area contributed by atoms with Crippen LogP contribution in [0, 0.1) is 16.7 Å². The molecular formula is C19H41NO4Si. The van der Waals surface area contributed by atoms with Crippen molar-refractivity contribution in [3.63, 3.8) is 0 Å². The molecule has 2 bridgehead atoms. The Morgan fingerprint density at radius 3 is 1.96 bits per heavy atom. The zero-order valence-corrected chi connectivity index (χ0v) is 18.2. The van der Waals surface area contributed by atoms with Crippen LogP contribution in [0.1, 0.15) is 67.2 Å². The first-order chi connectivity index (χ1) is 11.3. The van der Waals surface area contributed by atoms with Gasteiger partial charge in [0.2, 0.25) is 0 Å². The Hall–Kier alpha value is 0.0169. The van der Waals surface area contributed by atoms with E-state index in [0.29, 0.717) is 36.7 Å². The zero-order valence-electron chi connectivity index (χ0n) is 17.2. The smallest absolute Gasteiger partial charge is 0.412 e. The fraction of sp³-hybridized carbons (Fsp3) is 1.00. The molecule has 0 aromatic rings. The molecule has 2 saturated carbocycles. The molecule has 0 saturated heterocycles. The summed E-state index contributed by atoms with van der Waals surface area (Å²) in [5.41, 5.74) is 1.00. The van der Waals surface area contributed by atoms with E-state index >= 15 is 0 Å². The Morgan fingerprint density at radius 2 is 1.56 bits per heavy atom. The molecule has 2 aliphatic carbocycles. The minimum atomic E-state index is -2.47. The minimum Gasteiger partial charge on any atom is -0.412 e. The summed E-state index contributed by atoms with van der Waals surface area (Å²) < 4.78 is 17.8. The summed E-state index contributed by atoms with van der Waals surface area (Å²) in [5, 5.41) is 3.85. The lowest BCUT2D eigenvalue weighted by Crippen LogP contribution is -2.46. The molecule has 0 aliphatic heterocycles. The van der Waals surface area contributed by atoms with Crippen LogP contribution in [-0.2, 0) is 13.3 Å². The Balaban J connectivity index is 0.00000312. The predicted molar refractivity (Wildman–Crippen MR) is 105 cm³/mol. The Morgan fingerprint density at radius 1 is 1.00 bits per heavy atom. The molecule has 3 N–H and O–H groups in total. The third-order valence-corrected chi connectivity index (χ3v) is 9.96. The monoisotopic (exact) mass is 375 g/mol. The maximum Gasteiger partial charge on any atom is 0.500 e. The second kappa shape index (κ2) is 9.29. The molecule has 0 spiro atoms. The van der Waals surface area contributed by atoms with Gasteiger partial charge in [-0.25, -0.2) is 0 Å². The first-order valence-electron chi connectivity index (χ1n) is 9.99. The highest BCUT2D eigenvalue weighted by molar-refractivity contribution is 6.60. The maximum absolute atomic E-state index is 5.95. The summed E-state index contributed by atoms with van der Waals surface area (Å²) in [6.07, 6.45) is 5.18. The van der Waals surface area contributed by atoms with E-state index in [1.165, 1.54) is 19.3 Å². The van der Waals surface area contributed by atoms with Crippen LogP contribution in [0.25, 0.3) is 0 Å². The minimum absolute atomic E-state index is 0. The summed E-state index contributed by atoms with van der Waals surface area (Å²) in [5.74, 6) is 0.829. The van der Waals surface area contributed by atoms with Crippen molar-refractivity contribution in [2.24, 2.45) is 16.7 Å². The van der Waals surface area contributed by atoms with Crippen LogP contribution in [0.3, 0.4) is 0 Å². The van der Waals surface area contributed by atoms with Crippen LogP contribution in [0.15, 0.2) is 0 Å². The molecule has 2 fully saturated rings. The molecule has 2 aliphatic rings. The fourth-order valence-corrected chi connectivity index (χ4v) is 7.72. The Labute approximate surface area is 155 Å². The third-order valence-electron chi connectivity index (χ3n) is 6.80. The van der Waals surface area contributed by atoms with E-state index < -0.39 is 8.80 Å². The van der Waals surface area contributed by atoms with E-state index in [4.69, 9.17) is 13.3 Å². The van der Waals surface area contributed by atoms with Gasteiger partial charge >= 0.3 is 8.80 Å². The number of nitrogens with one attached hydrogen (secondary N) is 1. The van der Waals surface area contributed by atoms with E-state index in [-0.39, 0.29) is 5.48 Å². The average molecular weight is 376 g/mol. The molecule has 3 unspecified atom stereocenters. The van der Waals surface area contributed by atoms with Gasteiger partial charge in [0.25, 0.3) is 0 Å². The highest BCUT2D eigenvalue weighted by Gasteiger charge is 2.60. The van der Waals surface area contributed by atoms with Crippen LogP contribution in [-0.4, -0.2) is 46.7 Å². The van der Waals surface area contributed by atoms with Crippen molar-refractivity contribution in [1.29, 1.82) is 0 Å². The maximum atomic E-state index is 5.95. The zero-order chi connectivity index (χ0) is 17.8. The fourth-order valence-electron chi connectivity index (χ4n) is 5.11. The molecule has 2 rings (SSSR count). The van der Waals surface area contributed by atoms with Crippen molar-refractivity contribution < 1.29 is 18.8 Å². The largest absolute Gasteiger partial charge is 0.500 e. The van der Waals surface area contributed by atoms with Gasteiger partial charge in [0, 0.05) is 31.9 Å². The van der Waals surface area contributed by atoms with Crippen molar-refractivity contribution in [2.75, 3.05) is 26.4 Å². The highest BCUT2D eigenvalue weighted by Crippen LogP contribution is 2.65. The molecule has 0 radical (unpaired) electrons. The Kier molecular flexibility index (Phi) is 8.56. The van der Waals surface area contributed by atoms with Gasteiger partial charge in [-0.05, 0) is 69.7 Å². The topological polar surface area (TPSA) is 71.2 Å². The van der Waals surface area contributed by atoms with Gasteiger partial charge in [-0.2, -0.15) is 0 Å². The van der Waals surface area contributed by atoms with Gasteiger partial charge in [0.1, 0.15) is 0 Å². The first kappa shape index (κ1) is 23.1. The second-order valence-electron chi connectivity index (χ2n) is 8.28. The van der Waals surface area contributed by atoms with Crippen molar-refractivity contribution in [2.45, 2.75) is 79.3 Å². The molecule has 0 aromatic carbocycles. The molecule has 150 valence electrons. The normalized spacial score (nSPS) is 30.5. The van der Waals surface area contributed by atoms with Crippen LogP contribution in [0.5, 0.6) is 0 Å². The van der Waals surface area contributed by atoms with Crippen molar-refractivity contribution in [3.05, 3.63) is 0 Å². The second-order valence-corrected chi connectivity index (χ2v) is 11.0. The van der Waals surface area contributed by atoms with Crippen molar-refractivity contribution in [3.8, 4) is 0 Å². The molecule has 0 aromatic heterocycles. The number of hydrogen-bond acceptors (Lipinski definition) is 4. The van der Waals surface area contributed by atoms with Gasteiger partial charge < -0.3 is 24.1 Å². The quantitative estimate of drug-likeness (QED) is 0.444. The van der Waals surface area contributed by atoms with Crippen LogP contribution in [0.2, 0.25) is 6.04 Å². The lowest BCUT2D eigenvalue weighted by molar-refractivity contribution is 0.0707. The summed E-state index contributed by atoms with van der Waals surface area (Å²) in [4.78, 5) is 0. The van der Waals surface area contributed by atoms with Gasteiger partial charge in [-0.15, -0.1) is 0 Å².